The van der Waals surface area contributed by atoms with E-state index in [0.717, 1.165) is 31.8 Å². The van der Waals surface area contributed by atoms with Crippen LogP contribution in [0.5, 0.6) is 0 Å². The average molecular weight is 263 g/mol. The van der Waals surface area contributed by atoms with Crippen molar-refractivity contribution in [2.45, 2.75) is 52.5 Å². The van der Waals surface area contributed by atoms with E-state index in [9.17, 15) is 4.79 Å². The Labute approximate surface area is 112 Å². The molecule has 2 N–H and O–H groups in total. The third-order valence-corrected chi connectivity index (χ3v) is 3.74. The standard InChI is InChI=1S/C13H26N2O.ClH/c1-4-11-6-5-8-15(9-7-11)13(16)12(14)10(2)3;/h10-12H,4-9,14H2,1-3H3;1H. The number of rotatable bonds is 3. The number of carbonyl (C=O) groups excluding carboxylic acids is 1. The van der Waals surface area contributed by atoms with Gasteiger partial charge in [0.1, 0.15) is 0 Å². The van der Waals surface area contributed by atoms with Crippen molar-refractivity contribution < 1.29 is 4.79 Å². The van der Waals surface area contributed by atoms with Gasteiger partial charge in [-0.2, -0.15) is 0 Å². The second-order valence-corrected chi connectivity index (χ2v) is 5.30. The number of nitrogens with two attached hydrogens (primary N) is 1. The molecule has 0 aromatic carbocycles. The van der Waals surface area contributed by atoms with Gasteiger partial charge in [0.05, 0.1) is 6.04 Å². The van der Waals surface area contributed by atoms with Gasteiger partial charge in [0.15, 0.2) is 0 Å². The van der Waals surface area contributed by atoms with Crippen LogP contribution in [0.2, 0.25) is 0 Å². The third-order valence-electron chi connectivity index (χ3n) is 3.74. The second kappa shape index (κ2) is 7.93. The van der Waals surface area contributed by atoms with Crippen LogP contribution in [-0.4, -0.2) is 29.9 Å². The van der Waals surface area contributed by atoms with E-state index in [1.165, 1.54) is 12.8 Å². The number of halogens is 1. The summed E-state index contributed by atoms with van der Waals surface area (Å²) in [6.07, 6.45) is 4.78. The number of hydrogen-bond donors (Lipinski definition) is 1. The smallest absolute Gasteiger partial charge is 0.239 e. The summed E-state index contributed by atoms with van der Waals surface area (Å²) in [5, 5.41) is 0. The SMILES string of the molecule is CCC1CCCN(C(=O)C(N)C(C)C)CC1.Cl. The Bertz CT molecular complexity index is 233. The van der Waals surface area contributed by atoms with E-state index in [-0.39, 0.29) is 30.3 Å². The van der Waals surface area contributed by atoms with Crippen molar-refractivity contribution in [2.75, 3.05) is 13.1 Å². The molecule has 17 heavy (non-hydrogen) atoms. The average Bonchev–Trinajstić information content (AvgIpc) is 2.51. The maximum atomic E-state index is 12.1. The van der Waals surface area contributed by atoms with Gasteiger partial charge in [-0.05, 0) is 31.1 Å². The molecule has 0 bridgehead atoms. The van der Waals surface area contributed by atoms with Gasteiger partial charge in [0.25, 0.3) is 0 Å². The fourth-order valence-corrected chi connectivity index (χ4v) is 2.29. The van der Waals surface area contributed by atoms with Crippen LogP contribution in [0, 0.1) is 11.8 Å². The van der Waals surface area contributed by atoms with Gasteiger partial charge < -0.3 is 10.6 Å². The fourth-order valence-electron chi connectivity index (χ4n) is 2.29. The normalized spacial score (nSPS) is 22.9. The molecule has 1 rings (SSSR count). The van der Waals surface area contributed by atoms with Gasteiger partial charge in [-0.1, -0.05) is 27.2 Å². The predicted molar refractivity (Wildman–Crippen MR) is 74.3 cm³/mol. The van der Waals surface area contributed by atoms with Crippen LogP contribution in [0.4, 0.5) is 0 Å². The highest BCUT2D eigenvalue weighted by Gasteiger charge is 2.25. The highest BCUT2D eigenvalue weighted by molar-refractivity contribution is 5.85. The maximum absolute atomic E-state index is 12.1. The molecule has 1 heterocycles. The lowest BCUT2D eigenvalue weighted by Gasteiger charge is -2.26. The van der Waals surface area contributed by atoms with Crippen molar-refractivity contribution in [1.82, 2.24) is 4.90 Å². The summed E-state index contributed by atoms with van der Waals surface area (Å²) in [6, 6.07) is -0.321. The molecule has 0 aromatic rings. The van der Waals surface area contributed by atoms with Gasteiger partial charge in [-0.15, -0.1) is 12.4 Å². The summed E-state index contributed by atoms with van der Waals surface area (Å²) >= 11 is 0. The van der Waals surface area contributed by atoms with E-state index in [1.807, 2.05) is 18.7 Å². The first kappa shape index (κ1) is 16.7. The van der Waals surface area contributed by atoms with Crippen molar-refractivity contribution in [3.8, 4) is 0 Å². The minimum absolute atomic E-state index is 0. The molecule has 1 amide bonds. The van der Waals surface area contributed by atoms with Crippen LogP contribution in [0.1, 0.15) is 46.5 Å². The Hall–Kier alpha value is -0.280. The molecule has 0 saturated carbocycles. The van der Waals surface area contributed by atoms with Crippen LogP contribution in [0.3, 0.4) is 0 Å². The molecular formula is C13H27ClN2O. The molecular weight excluding hydrogens is 236 g/mol. The lowest BCUT2D eigenvalue weighted by Crippen LogP contribution is -2.46. The molecule has 0 aliphatic carbocycles. The Morgan fingerprint density at radius 1 is 1.35 bits per heavy atom. The Kier molecular flexibility index (Phi) is 7.80. The first-order chi connectivity index (χ1) is 7.56. The molecule has 2 atom stereocenters. The quantitative estimate of drug-likeness (QED) is 0.849. The van der Waals surface area contributed by atoms with Crippen molar-refractivity contribution in [3.63, 3.8) is 0 Å². The molecule has 3 nitrogen and oxygen atoms in total. The Balaban J connectivity index is 0.00000256. The zero-order valence-electron chi connectivity index (χ0n) is 11.3. The first-order valence-corrected chi connectivity index (χ1v) is 6.60. The van der Waals surface area contributed by atoms with E-state index >= 15 is 0 Å². The zero-order valence-corrected chi connectivity index (χ0v) is 12.1. The van der Waals surface area contributed by atoms with Gasteiger partial charge >= 0.3 is 0 Å². The second-order valence-electron chi connectivity index (χ2n) is 5.30. The molecule has 102 valence electrons. The fraction of sp³-hybridized carbons (Fsp3) is 0.923. The Morgan fingerprint density at radius 3 is 2.53 bits per heavy atom. The minimum atomic E-state index is -0.321. The molecule has 2 unspecified atom stereocenters. The lowest BCUT2D eigenvalue weighted by molar-refractivity contribution is -0.133. The zero-order chi connectivity index (χ0) is 12.1. The lowest BCUT2D eigenvalue weighted by atomic mass is 9.98. The van der Waals surface area contributed by atoms with E-state index in [0.29, 0.717) is 0 Å². The highest BCUT2D eigenvalue weighted by atomic mass is 35.5. The predicted octanol–water partition coefficient (Wildman–Crippen LogP) is 2.43. The van der Waals surface area contributed by atoms with Gasteiger partial charge in [0, 0.05) is 13.1 Å². The largest absolute Gasteiger partial charge is 0.341 e. The van der Waals surface area contributed by atoms with E-state index < -0.39 is 0 Å². The summed E-state index contributed by atoms with van der Waals surface area (Å²) in [6.45, 7) is 8.06. The van der Waals surface area contributed by atoms with Gasteiger partial charge in [0.2, 0.25) is 5.91 Å². The summed E-state index contributed by atoms with van der Waals surface area (Å²) in [7, 11) is 0. The van der Waals surface area contributed by atoms with Crippen LogP contribution >= 0.6 is 12.4 Å². The molecule has 0 spiro atoms. The van der Waals surface area contributed by atoms with E-state index in [2.05, 4.69) is 6.92 Å². The van der Waals surface area contributed by atoms with Crippen molar-refractivity contribution in [3.05, 3.63) is 0 Å². The maximum Gasteiger partial charge on any atom is 0.239 e. The molecule has 1 aliphatic rings. The summed E-state index contributed by atoms with van der Waals surface area (Å²) in [5.41, 5.74) is 5.92. The van der Waals surface area contributed by atoms with E-state index in [4.69, 9.17) is 5.73 Å². The minimum Gasteiger partial charge on any atom is -0.341 e. The summed E-state index contributed by atoms with van der Waals surface area (Å²) in [5.74, 6) is 1.18. The highest BCUT2D eigenvalue weighted by Crippen LogP contribution is 2.20. The Morgan fingerprint density at radius 2 is 2.00 bits per heavy atom. The molecule has 1 fully saturated rings. The molecule has 0 radical (unpaired) electrons. The van der Waals surface area contributed by atoms with Crippen LogP contribution in [0.15, 0.2) is 0 Å². The number of hydrogen-bond acceptors (Lipinski definition) is 2. The first-order valence-electron chi connectivity index (χ1n) is 6.60. The topological polar surface area (TPSA) is 46.3 Å². The van der Waals surface area contributed by atoms with Crippen molar-refractivity contribution in [1.29, 1.82) is 0 Å². The molecule has 0 aromatic heterocycles. The van der Waals surface area contributed by atoms with Crippen molar-refractivity contribution in [2.24, 2.45) is 17.6 Å². The van der Waals surface area contributed by atoms with Gasteiger partial charge in [-0.3, -0.25) is 4.79 Å². The number of amides is 1. The van der Waals surface area contributed by atoms with E-state index in [1.54, 1.807) is 0 Å². The van der Waals surface area contributed by atoms with Crippen LogP contribution < -0.4 is 5.73 Å². The monoisotopic (exact) mass is 262 g/mol. The molecule has 4 heteroatoms. The number of carbonyl (C=O) groups is 1. The number of likely N-dealkylation sites (tertiary alicyclic amines) is 1. The van der Waals surface area contributed by atoms with Crippen LogP contribution in [-0.2, 0) is 4.79 Å². The van der Waals surface area contributed by atoms with Gasteiger partial charge in [-0.25, -0.2) is 0 Å². The third kappa shape index (κ3) is 4.84. The summed E-state index contributed by atoms with van der Waals surface area (Å²) < 4.78 is 0. The van der Waals surface area contributed by atoms with Crippen LogP contribution in [0.25, 0.3) is 0 Å². The molecule has 1 aliphatic heterocycles. The molecule has 1 saturated heterocycles. The summed E-state index contributed by atoms with van der Waals surface area (Å²) in [4.78, 5) is 14.1. The van der Waals surface area contributed by atoms with Crippen molar-refractivity contribution >= 4 is 18.3 Å². The number of nitrogens with zero attached hydrogens (tertiary/aromatic N) is 1.